The smallest absolute Gasteiger partial charge is 0.0906 e. The Hall–Kier alpha value is -3.77. The van der Waals surface area contributed by atoms with Crippen LogP contribution >= 0.6 is 0 Å². The summed E-state index contributed by atoms with van der Waals surface area (Å²) in [5.74, 6) is 0. The first-order valence-corrected chi connectivity index (χ1v) is 10.5. The summed E-state index contributed by atoms with van der Waals surface area (Å²) in [7, 11) is -1.72. The Morgan fingerprint density at radius 3 is 1.23 bits per heavy atom. The summed E-state index contributed by atoms with van der Waals surface area (Å²) in [6.07, 6.45) is 0. The van der Waals surface area contributed by atoms with Crippen LogP contribution in [0, 0.1) is 0 Å². The summed E-state index contributed by atoms with van der Waals surface area (Å²) in [4.78, 5) is 0.853. The highest BCUT2D eigenvalue weighted by Crippen LogP contribution is 2.42. The van der Waals surface area contributed by atoms with Crippen LogP contribution in [0.1, 0.15) is 0 Å². The zero-order valence-electron chi connectivity index (χ0n) is 16.2. The van der Waals surface area contributed by atoms with Gasteiger partial charge in [-0.3, -0.25) is 0 Å². The maximum Gasteiger partial charge on any atom is 0.0906 e. The molecule has 6 heteroatoms. The molecule has 0 aromatic heterocycles. The Labute approximate surface area is 177 Å². The highest BCUT2D eigenvalue weighted by Gasteiger charge is 2.24. The number of anilines is 4. The van der Waals surface area contributed by atoms with Crippen molar-refractivity contribution in [3.8, 4) is 22.3 Å². The molecule has 0 fully saturated rings. The van der Waals surface area contributed by atoms with Crippen molar-refractivity contribution in [1.29, 1.82) is 0 Å². The molecule has 0 bridgehead atoms. The maximum absolute atomic E-state index is 14.0. The lowest BCUT2D eigenvalue weighted by Crippen LogP contribution is -2.09. The zero-order chi connectivity index (χ0) is 21.3. The first-order valence-electron chi connectivity index (χ1n) is 9.37. The largest absolute Gasteiger partial charge is 0.397 e. The van der Waals surface area contributed by atoms with Crippen molar-refractivity contribution >= 4 is 33.5 Å². The average Bonchev–Trinajstić information content (AvgIpc) is 2.78. The van der Waals surface area contributed by atoms with Gasteiger partial charge >= 0.3 is 0 Å². The molecule has 8 N–H and O–H groups in total. The van der Waals surface area contributed by atoms with Crippen LogP contribution in [0.4, 0.5) is 22.7 Å². The standard InChI is InChI=1S/C24H22N4OS/c25-19-13-11-17(15-7-3-1-4-8-15)23(21(19)27)30(29)24-18(12-14-20(26)22(24)28)16-9-5-2-6-10-16/h1-14H,25-28H2. The topological polar surface area (TPSA) is 121 Å². The second kappa shape index (κ2) is 7.93. The average molecular weight is 415 g/mol. The van der Waals surface area contributed by atoms with Gasteiger partial charge in [-0.15, -0.1) is 0 Å². The molecule has 5 nitrogen and oxygen atoms in total. The van der Waals surface area contributed by atoms with E-state index in [1.807, 2.05) is 72.8 Å². The summed E-state index contributed by atoms with van der Waals surface area (Å²) in [6, 6.07) is 26.4. The van der Waals surface area contributed by atoms with Gasteiger partial charge in [0.15, 0.2) is 0 Å². The van der Waals surface area contributed by atoms with E-state index >= 15 is 0 Å². The van der Waals surface area contributed by atoms with Gasteiger partial charge in [0.1, 0.15) is 0 Å². The van der Waals surface area contributed by atoms with Crippen molar-refractivity contribution in [3.05, 3.63) is 84.9 Å². The van der Waals surface area contributed by atoms with Gasteiger partial charge in [-0.1, -0.05) is 72.8 Å². The SMILES string of the molecule is Nc1ccc(-c2ccccc2)c(S(=O)c2c(-c3ccccc3)ccc(N)c2N)c1N. The molecule has 0 radical (unpaired) electrons. The van der Waals surface area contributed by atoms with E-state index in [1.165, 1.54) is 0 Å². The third-order valence-corrected chi connectivity index (χ3v) is 6.62. The number of nitrogens with two attached hydrogens (primary N) is 4. The number of hydrogen-bond acceptors (Lipinski definition) is 5. The number of rotatable bonds is 4. The number of hydrogen-bond donors (Lipinski definition) is 4. The first-order chi connectivity index (χ1) is 14.5. The third-order valence-electron chi connectivity index (χ3n) is 5.00. The molecule has 0 saturated heterocycles. The zero-order valence-corrected chi connectivity index (χ0v) is 17.0. The fraction of sp³-hybridized carbons (Fsp3) is 0. The van der Waals surface area contributed by atoms with E-state index in [0.29, 0.717) is 21.2 Å². The van der Waals surface area contributed by atoms with E-state index in [2.05, 4.69) is 0 Å². The fourth-order valence-corrected chi connectivity index (χ4v) is 5.03. The van der Waals surface area contributed by atoms with E-state index in [1.54, 1.807) is 12.1 Å². The highest BCUT2D eigenvalue weighted by atomic mass is 32.2. The minimum Gasteiger partial charge on any atom is -0.397 e. The maximum atomic E-state index is 14.0. The number of nitrogen functional groups attached to an aromatic ring is 4. The van der Waals surface area contributed by atoms with Gasteiger partial charge in [0.2, 0.25) is 0 Å². The molecule has 150 valence electrons. The molecule has 0 heterocycles. The summed E-state index contributed by atoms with van der Waals surface area (Å²) in [5, 5.41) is 0. The van der Waals surface area contributed by atoms with Crippen LogP contribution in [0.3, 0.4) is 0 Å². The Morgan fingerprint density at radius 1 is 0.500 bits per heavy atom. The van der Waals surface area contributed by atoms with Gasteiger partial charge in [-0.25, -0.2) is 4.21 Å². The Kier molecular flexibility index (Phi) is 5.16. The van der Waals surface area contributed by atoms with Crippen molar-refractivity contribution in [1.82, 2.24) is 0 Å². The molecule has 0 saturated carbocycles. The molecule has 4 aromatic carbocycles. The fourth-order valence-electron chi connectivity index (χ4n) is 3.42. The minimum absolute atomic E-state index is 0.274. The molecule has 0 aliphatic rings. The van der Waals surface area contributed by atoms with Gasteiger partial charge in [0.05, 0.1) is 43.3 Å². The summed E-state index contributed by atoms with van der Waals surface area (Å²) in [6.45, 7) is 0. The highest BCUT2D eigenvalue weighted by molar-refractivity contribution is 7.85. The van der Waals surface area contributed by atoms with Gasteiger partial charge in [-0.05, 0) is 23.3 Å². The van der Waals surface area contributed by atoms with Crippen LogP contribution in [-0.2, 0) is 10.8 Å². The van der Waals surface area contributed by atoms with Crippen LogP contribution in [-0.4, -0.2) is 4.21 Å². The number of benzene rings is 4. The van der Waals surface area contributed by atoms with E-state index in [4.69, 9.17) is 22.9 Å². The quantitative estimate of drug-likeness (QED) is 0.366. The molecular weight excluding hydrogens is 392 g/mol. The van der Waals surface area contributed by atoms with Crippen LogP contribution in [0.15, 0.2) is 94.7 Å². The van der Waals surface area contributed by atoms with Gasteiger partial charge < -0.3 is 22.9 Å². The lowest BCUT2D eigenvalue weighted by atomic mass is 10.0. The summed E-state index contributed by atoms with van der Waals surface area (Å²) in [5.41, 5.74) is 29.4. The molecule has 0 unspecified atom stereocenters. The second-order valence-corrected chi connectivity index (χ2v) is 8.25. The van der Waals surface area contributed by atoms with Crippen molar-refractivity contribution in [2.24, 2.45) is 0 Å². The molecule has 0 spiro atoms. The molecule has 0 aliphatic heterocycles. The van der Waals surface area contributed by atoms with E-state index in [0.717, 1.165) is 22.3 Å². The molecule has 30 heavy (non-hydrogen) atoms. The van der Waals surface area contributed by atoms with Gasteiger partial charge in [0.25, 0.3) is 0 Å². The van der Waals surface area contributed by atoms with Crippen LogP contribution in [0.2, 0.25) is 0 Å². The summed E-state index contributed by atoms with van der Waals surface area (Å²) >= 11 is 0. The van der Waals surface area contributed by atoms with Crippen LogP contribution < -0.4 is 22.9 Å². The Balaban J connectivity index is 2.00. The lowest BCUT2D eigenvalue weighted by Gasteiger charge is -2.18. The molecule has 0 aliphatic carbocycles. The van der Waals surface area contributed by atoms with E-state index in [9.17, 15) is 4.21 Å². The van der Waals surface area contributed by atoms with Crippen LogP contribution in [0.25, 0.3) is 22.3 Å². The monoisotopic (exact) mass is 414 g/mol. The minimum atomic E-state index is -1.72. The predicted octanol–water partition coefficient (Wildman–Crippen LogP) is 4.52. The molecule has 0 atom stereocenters. The third kappa shape index (κ3) is 3.38. The van der Waals surface area contributed by atoms with Crippen molar-refractivity contribution < 1.29 is 4.21 Å². The van der Waals surface area contributed by atoms with Crippen molar-refractivity contribution in [2.75, 3.05) is 22.9 Å². The lowest BCUT2D eigenvalue weighted by molar-refractivity contribution is 0.684. The molecular formula is C24H22N4OS. The van der Waals surface area contributed by atoms with Gasteiger partial charge in [-0.2, -0.15) is 0 Å². The molecule has 0 amide bonds. The first kappa shape index (κ1) is 19.5. The van der Waals surface area contributed by atoms with Gasteiger partial charge in [0, 0.05) is 11.1 Å². The Morgan fingerprint density at radius 2 is 0.867 bits per heavy atom. The molecule has 4 aromatic rings. The predicted molar refractivity (Wildman–Crippen MR) is 126 cm³/mol. The van der Waals surface area contributed by atoms with E-state index in [-0.39, 0.29) is 11.4 Å². The molecule has 4 rings (SSSR count). The van der Waals surface area contributed by atoms with Crippen molar-refractivity contribution in [2.45, 2.75) is 9.79 Å². The Bertz CT molecular complexity index is 1140. The van der Waals surface area contributed by atoms with E-state index < -0.39 is 10.8 Å². The van der Waals surface area contributed by atoms with Crippen molar-refractivity contribution in [3.63, 3.8) is 0 Å². The summed E-state index contributed by atoms with van der Waals surface area (Å²) < 4.78 is 14.0. The second-order valence-electron chi connectivity index (χ2n) is 6.89. The van der Waals surface area contributed by atoms with Crippen LogP contribution in [0.5, 0.6) is 0 Å². The normalized spacial score (nSPS) is 11.0.